The van der Waals surface area contributed by atoms with Gasteiger partial charge in [0, 0.05) is 10.5 Å². The Kier molecular flexibility index (Phi) is 4.46. The maximum Gasteiger partial charge on any atom is 0.293 e. The van der Waals surface area contributed by atoms with E-state index in [0.29, 0.717) is 6.07 Å². The van der Waals surface area contributed by atoms with Crippen LogP contribution >= 0.6 is 28.1 Å². The first kappa shape index (κ1) is 14.6. The molecule has 0 atom stereocenters. The van der Waals surface area contributed by atoms with E-state index >= 15 is 0 Å². The van der Waals surface area contributed by atoms with Gasteiger partial charge < -0.3 is 9.73 Å². The number of carbonyl (C=O) groups is 1. The van der Waals surface area contributed by atoms with Crippen LogP contribution in [0.3, 0.4) is 0 Å². The number of hydrogen-bond acceptors (Lipinski definition) is 3. The van der Waals surface area contributed by atoms with E-state index in [1.54, 1.807) is 6.07 Å². The summed E-state index contributed by atoms with van der Waals surface area (Å²) >= 11 is 7.87. The van der Waals surface area contributed by atoms with Gasteiger partial charge in [-0.2, -0.15) is 0 Å². The van der Waals surface area contributed by atoms with E-state index in [0.717, 1.165) is 6.07 Å². The lowest BCUT2D eigenvalue weighted by atomic mass is 10.3. The van der Waals surface area contributed by atoms with E-state index in [9.17, 15) is 13.6 Å². The van der Waals surface area contributed by atoms with Crippen molar-refractivity contribution >= 4 is 44.9 Å². The van der Waals surface area contributed by atoms with Crippen molar-refractivity contribution in [2.45, 2.75) is 0 Å². The van der Waals surface area contributed by atoms with Gasteiger partial charge in [0.1, 0.15) is 5.82 Å². The Balaban J connectivity index is 2.07. The number of halogens is 3. The SMILES string of the molecule is O=C(NC(=S)Nc1c(F)cc(F)cc1Br)c1ccco1. The molecule has 0 aliphatic carbocycles. The number of thiocarbonyl (C=S) groups is 1. The minimum absolute atomic E-state index is 0.0628. The average molecular weight is 361 g/mol. The minimum Gasteiger partial charge on any atom is -0.459 e. The fourth-order valence-electron chi connectivity index (χ4n) is 1.38. The summed E-state index contributed by atoms with van der Waals surface area (Å²) in [6.45, 7) is 0. The molecule has 8 heteroatoms. The molecule has 1 heterocycles. The van der Waals surface area contributed by atoms with Crippen LogP contribution in [0.15, 0.2) is 39.4 Å². The van der Waals surface area contributed by atoms with E-state index in [-0.39, 0.29) is 21.0 Å². The van der Waals surface area contributed by atoms with Crippen LogP contribution in [0.1, 0.15) is 10.6 Å². The molecule has 0 aliphatic heterocycles. The first-order chi connectivity index (χ1) is 9.47. The highest BCUT2D eigenvalue weighted by molar-refractivity contribution is 9.10. The molecular weight excluding hydrogens is 354 g/mol. The van der Waals surface area contributed by atoms with Gasteiger partial charge in [-0.15, -0.1) is 0 Å². The zero-order valence-corrected chi connectivity index (χ0v) is 12.1. The van der Waals surface area contributed by atoms with Gasteiger partial charge in [-0.1, -0.05) is 0 Å². The second-order valence-electron chi connectivity index (χ2n) is 3.63. The summed E-state index contributed by atoms with van der Waals surface area (Å²) < 4.78 is 31.5. The molecule has 1 aromatic carbocycles. The smallest absolute Gasteiger partial charge is 0.293 e. The number of nitrogens with one attached hydrogen (secondary N) is 2. The van der Waals surface area contributed by atoms with Crippen LogP contribution in [0.2, 0.25) is 0 Å². The van der Waals surface area contributed by atoms with Gasteiger partial charge >= 0.3 is 0 Å². The van der Waals surface area contributed by atoms with E-state index < -0.39 is 17.5 Å². The van der Waals surface area contributed by atoms with E-state index in [1.807, 2.05) is 0 Å². The van der Waals surface area contributed by atoms with Crippen molar-refractivity contribution in [1.82, 2.24) is 5.32 Å². The lowest BCUT2D eigenvalue weighted by Gasteiger charge is -2.11. The molecule has 0 saturated heterocycles. The quantitative estimate of drug-likeness (QED) is 0.805. The Morgan fingerprint density at radius 2 is 2.10 bits per heavy atom. The molecule has 0 saturated carbocycles. The molecule has 0 bridgehead atoms. The van der Waals surface area contributed by atoms with Crippen LogP contribution in [-0.4, -0.2) is 11.0 Å². The number of carbonyl (C=O) groups excluding carboxylic acids is 1. The predicted molar refractivity (Wildman–Crippen MR) is 76.5 cm³/mol. The molecule has 0 fully saturated rings. The van der Waals surface area contributed by atoms with E-state index in [1.165, 1.54) is 12.3 Å². The van der Waals surface area contributed by atoms with Crippen molar-refractivity contribution in [3.05, 3.63) is 52.4 Å². The number of rotatable bonds is 2. The molecule has 0 spiro atoms. The third-order valence-electron chi connectivity index (χ3n) is 2.22. The van der Waals surface area contributed by atoms with Crippen molar-refractivity contribution in [2.24, 2.45) is 0 Å². The summed E-state index contributed by atoms with van der Waals surface area (Å²) in [6, 6.07) is 4.76. The molecule has 2 N–H and O–H groups in total. The van der Waals surface area contributed by atoms with Gasteiger partial charge in [0.2, 0.25) is 0 Å². The highest BCUT2D eigenvalue weighted by atomic mass is 79.9. The second-order valence-corrected chi connectivity index (χ2v) is 4.89. The van der Waals surface area contributed by atoms with Gasteiger partial charge in [0.05, 0.1) is 12.0 Å². The molecule has 4 nitrogen and oxygen atoms in total. The van der Waals surface area contributed by atoms with Gasteiger partial charge in [-0.05, 0) is 46.3 Å². The summed E-state index contributed by atoms with van der Waals surface area (Å²) in [4.78, 5) is 11.6. The van der Waals surface area contributed by atoms with Crippen molar-refractivity contribution in [2.75, 3.05) is 5.32 Å². The highest BCUT2D eigenvalue weighted by Crippen LogP contribution is 2.26. The molecule has 2 rings (SSSR count). The Bertz CT molecular complexity index is 638. The summed E-state index contributed by atoms with van der Waals surface area (Å²) in [6.07, 6.45) is 1.33. The van der Waals surface area contributed by atoms with Crippen LogP contribution < -0.4 is 10.6 Å². The maximum absolute atomic E-state index is 13.6. The summed E-state index contributed by atoms with van der Waals surface area (Å²) in [7, 11) is 0. The third kappa shape index (κ3) is 3.40. The van der Waals surface area contributed by atoms with Gasteiger partial charge in [0.15, 0.2) is 16.7 Å². The molecule has 2 aromatic rings. The van der Waals surface area contributed by atoms with Gasteiger partial charge in [-0.3, -0.25) is 10.1 Å². The predicted octanol–water partition coefficient (Wildman–Crippen LogP) is 3.45. The fourth-order valence-corrected chi connectivity index (χ4v) is 2.08. The fraction of sp³-hybridized carbons (Fsp3) is 0. The normalized spacial score (nSPS) is 10.2. The molecule has 104 valence electrons. The molecule has 20 heavy (non-hydrogen) atoms. The average Bonchev–Trinajstić information content (AvgIpc) is 2.87. The largest absolute Gasteiger partial charge is 0.459 e. The molecule has 0 unspecified atom stereocenters. The van der Waals surface area contributed by atoms with E-state index in [4.69, 9.17) is 16.6 Å². The highest BCUT2D eigenvalue weighted by Gasteiger charge is 2.14. The zero-order valence-electron chi connectivity index (χ0n) is 9.75. The number of anilines is 1. The van der Waals surface area contributed by atoms with Crippen molar-refractivity contribution < 1.29 is 18.0 Å². The number of amides is 1. The van der Waals surface area contributed by atoms with Crippen molar-refractivity contribution in [3.8, 4) is 0 Å². The van der Waals surface area contributed by atoms with Crippen LogP contribution in [0.4, 0.5) is 14.5 Å². The minimum atomic E-state index is -0.841. The third-order valence-corrected chi connectivity index (χ3v) is 3.05. The maximum atomic E-state index is 13.6. The topological polar surface area (TPSA) is 54.3 Å². The first-order valence-electron chi connectivity index (χ1n) is 5.28. The lowest BCUT2D eigenvalue weighted by molar-refractivity contribution is 0.0950. The monoisotopic (exact) mass is 360 g/mol. The molecule has 1 amide bonds. The molecule has 0 radical (unpaired) electrons. The summed E-state index contributed by atoms with van der Waals surface area (Å²) in [5.74, 6) is -2.09. The Morgan fingerprint density at radius 3 is 2.70 bits per heavy atom. The van der Waals surface area contributed by atoms with Gasteiger partial charge in [-0.25, -0.2) is 8.78 Å². The lowest BCUT2D eigenvalue weighted by Crippen LogP contribution is -2.34. The summed E-state index contributed by atoms with van der Waals surface area (Å²) in [5.41, 5.74) is -0.0730. The Labute approximate surface area is 126 Å². The van der Waals surface area contributed by atoms with Crippen molar-refractivity contribution in [3.63, 3.8) is 0 Å². The standard InChI is InChI=1S/C12H7BrF2N2O2S/c13-7-4-6(14)5-8(15)10(7)16-12(20)17-11(18)9-2-1-3-19-9/h1-5H,(H2,16,17,18,20). The van der Waals surface area contributed by atoms with E-state index in [2.05, 4.69) is 26.6 Å². The van der Waals surface area contributed by atoms with Crippen LogP contribution in [-0.2, 0) is 0 Å². The zero-order chi connectivity index (χ0) is 14.7. The first-order valence-corrected chi connectivity index (χ1v) is 6.48. The Morgan fingerprint density at radius 1 is 1.35 bits per heavy atom. The number of furan rings is 1. The number of benzene rings is 1. The molecule has 0 aliphatic rings. The summed E-state index contributed by atoms with van der Waals surface area (Å²) in [5, 5.41) is 4.63. The molecule has 1 aromatic heterocycles. The second kappa shape index (κ2) is 6.10. The van der Waals surface area contributed by atoms with Crippen LogP contribution in [0.5, 0.6) is 0 Å². The van der Waals surface area contributed by atoms with Crippen LogP contribution in [0.25, 0.3) is 0 Å². The number of hydrogen-bond donors (Lipinski definition) is 2. The Hall–Kier alpha value is -1.80. The van der Waals surface area contributed by atoms with Gasteiger partial charge in [0.25, 0.3) is 5.91 Å². The molecular formula is C12H7BrF2N2O2S. The van der Waals surface area contributed by atoms with Crippen molar-refractivity contribution in [1.29, 1.82) is 0 Å². The van der Waals surface area contributed by atoms with Crippen LogP contribution in [0, 0.1) is 11.6 Å².